The number of rotatable bonds is 10. The summed E-state index contributed by atoms with van der Waals surface area (Å²) < 4.78 is 4.72. The highest BCUT2D eigenvalue weighted by molar-refractivity contribution is 5.85. The number of nitrogens with zero attached hydrogens (tertiary/aromatic N) is 1. The van der Waals surface area contributed by atoms with Gasteiger partial charge in [-0.2, -0.15) is 0 Å². The van der Waals surface area contributed by atoms with Crippen LogP contribution in [0.3, 0.4) is 0 Å². The molecule has 0 amide bonds. The van der Waals surface area contributed by atoms with E-state index in [4.69, 9.17) is 10.5 Å². The van der Waals surface area contributed by atoms with Crippen molar-refractivity contribution in [1.29, 1.82) is 0 Å². The zero-order valence-corrected chi connectivity index (χ0v) is 18.6. The van der Waals surface area contributed by atoms with Gasteiger partial charge in [0.05, 0.1) is 18.6 Å². The number of carbonyl (C=O) groups is 2. The van der Waals surface area contributed by atoms with Crippen molar-refractivity contribution in [1.82, 2.24) is 10.3 Å². The minimum Gasteiger partial charge on any atom is -0.468 e. The van der Waals surface area contributed by atoms with E-state index in [0.717, 1.165) is 11.1 Å². The van der Waals surface area contributed by atoms with E-state index in [1.807, 2.05) is 67.6 Å². The molecule has 32 heavy (non-hydrogen) atoms. The molecular formula is C26H31N3O3. The van der Waals surface area contributed by atoms with Gasteiger partial charge >= 0.3 is 5.97 Å². The van der Waals surface area contributed by atoms with Crippen molar-refractivity contribution in [2.45, 2.75) is 37.9 Å². The number of methoxy groups -OCH3 is 1. The largest absolute Gasteiger partial charge is 0.468 e. The number of pyridine rings is 1. The van der Waals surface area contributed by atoms with E-state index in [-0.39, 0.29) is 11.7 Å². The van der Waals surface area contributed by atoms with Gasteiger partial charge in [-0.3, -0.25) is 19.9 Å². The fraction of sp³-hybridized carbons (Fsp3) is 0.346. The first-order valence-electron chi connectivity index (χ1n) is 10.9. The van der Waals surface area contributed by atoms with Crippen molar-refractivity contribution < 1.29 is 14.3 Å². The minimum absolute atomic E-state index is 0.0513. The van der Waals surface area contributed by atoms with Crippen LogP contribution in [0.5, 0.6) is 0 Å². The Morgan fingerprint density at radius 2 is 1.88 bits per heavy atom. The number of hydrogen-bond donors (Lipinski definition) is 2. The number of Topliss-reactive ketones (excluding diaryl/α,β-unsaturated/α-hetero) is 1. The number of allylic oxidation sites excluding steroid dienone is 2. The lowest BCUT2D eigenvalue weighted by atomic mass is 9.71. The van der Waals surface area contributed by atoms with Crippen LogP contribution in [0.15, 0.2) is 79.2 Å². The van der Waals surface area contributed by atoms with Gasteiger partial charge in [-0.25, -0.2) is 0 Å². The number of nitrogens with two attached hydrogens (primary N) is 1. The Bertz CT molecular complexity index is 959. The Hall–Kier alpha value is -3.09. The van der Waals surface area contributed by atoms with Gasteiger partial charge in [0.2, 0.25) is 0 Å². The quantitative estimate of drug-likeness (QED) is 0.559. The summed E-state index contributed by atoms with van der Waals surface area (Å²) in [6, 6.07) is 13.2. The number of esters is 1. The molecule has 1 aliphatic rings. The van der Waals surface area contributed by atoms with E-state index in [2.05, 4.69) is 16.4 Å². The summed E-state index contributed by atoms with van der Waals surface area (Å²) in [5.41, 5.74) is 7.34. The van der Waals surface area contributed by atoms with Crippen molar-refractivity contribution in [3.63, 3.8) is 0 Å². The average molecular weight is 434 g/mol. The van der Waals surface area contributed by atoms with E-state index >= 15 is 0 Å². The molecule has 168 valence electrons. The monoisotopic (exact) mass is 433 g/mol. The summed E-state index contributed by atoms with van der Waals surface area (Å²) >= 11 is 0. The molecule has 3 rings (SSSR count). The first-order valence-corrected chi connectivity index (χ1v) is 10.9. The molecule has 0 bridgehead atoms. The van der Waals surface area contributed by atoms with E-state index in [0.29, 0.717) is 19.4 Å². The van der Waals surface area contributed by atoms with Crippen LogP contribution in [0, 0.1) is 11.8 Å². The summed E-state index contributed by atoms with van der Waals surface area (Å²) in [7, 11) is 1.32. The summed E-state index contributed by atoms with van der Waals surface area (Å²) in [5.74, 6) is -0.804. The molecular weight excluding hydrogens is 402 g/mol. The Morgan fingerprint density at radius 3 is 2.56 bits per heavy atom. The number of nitrogens with one attached hydrogen (secondary N) is 1. The molecule has 4 unspecified atom stereocenters. The Morgan fingerprint density at radius 1 is 1.16 bits per heavy atom. The molecule has 0 saturated heterocycles. The first kappa shape index (κ1) is 23.6. The van der Waals surface area contributed by atoms with E-state index in [1.165, 1.54) is 7.11 Å². The number of aromatic nitrogens is 1. The molecule has 4 atom stereocenters. The van der Waals surface area contributed by atoms with Gasteiger partial charge in [0.15, 0.2) is 0 Å². The van der Waals surface area contributed by atoms with Crippen LogP contribution < -0.4 is 11.1 Å². The van der Waals surface area contributed by atoms with Crippen LogP contribution in [0.2, 0.25) is 0 Å². The maximum Gasteiger partial charge on any atom is 0.322 e. The third kappa shape index (κ3) is 5.58. The maximum absolute atomic E-state index is 13.5. The molecule has 6 heteroatoms. The molecule has 1 aliphatic carbocycles. The minimum atomic E-state index is -0.728. The molecule has 2 aromatic rings. The highest BCUT2D eigenvalue weighted by Crippen LogP contribution is 2.37. The number of ketones is 1. The lowest BCUT2D eigenvalue weighted by Gasteiger charge is -2.40. The lowest BCUT2D eigenvalue weighted by molar-refractivity contribution is -0.142. The first-order chi connectivity index (χ1) is 15.5. The molecule has 0 saturated carbocycles. The van der Waals surface area contributed by atoms with Gasteiger partial charge in [-0.05, 0) is 35.6 Å². The van der Waals surface area contributed by atoms with Crippen LogP contribution in [0.4, 0.5) is 0 Å². The summed E-state index contributed by atoms with van der Waals surface area (Å²) in [4.78, 5) is 29.3. The van der Waals surface area contributed by atoms with E-state index in [9.17, 15) is 9.59 Å². The fourth-order valence-electron chi connectivity index (χ4n) is 4.24. The van der Waals surface area contributed by atoms with Gasteiger partial charge in [0, 0.05) is 25.4 Å². The number of carbonyl (C=O) groups excluding carboxylic acids is 2. The molecule has 0 fully saturated rings. The third-order valence-corrected chi connectivity index (χ3v) is 5.91. The van der Waals surface area contributed by atoms with Crippen LogP contribution in [0.1, 0.15) is 30.9 Å². The maximum atomic E-state index is 13.5. The summed E-state index contributed by atoms with van der Waals surface area (Å²) in [6.07, 6.45) is 12.2. The highest BCUT2D eigenvalue weighted by atomic mass is 16.5. The normalized spacial score (nSPS) is 21.7. The molecule has 1 aromatic carbocycles. The Kier molecular flexibility index (Phi) is 8.09. The zero-order valence-electron chi connectivity index (χ0n) is 18.6. The third-order valence-electron chi connectivity index (χ3n) is 5.91. The molecule has 1 heterocycles. The highest BCUT2D eigenvalue weighted by Gasteiger charge is 2.41. The van der Waals surface area contributed by atoms with Gasteiger partial charge in [0.25, 0.3) is 0 Å². The van der Waals surface area contributed by atoms with Gasteiger partial charge < -0.3 is 10.5 Å². The van der Waals surface area contributed by atoms with Crippen LogP contribution in [-0.2, 0) is 26.4 Å². The summed E-state index contributed by atoms with van der Waals surface area (Å²) in [6.45, 7) is 2.53. The SMILES string of the molecule is COC(=O)C(N)CC(C)CC(=O)C1C=CC=CC1(NCc1ccncc1)c1ccccc1. The fourth-order valence-corrected chi connectivity index (χ4v) is 4.24. The molecule has 0 radical (unpaired) electrons. The standard InChI is InChI=1S/C26H31N3O3/c1-19(16-23(27)25(31)32-2)17-24(30)22-10-6-7-13-26(22,21-8-4-3-5-9-21)29-18-20-11-14-28-15-12-20/h3-15,19,22-23,29H,16-18,27H2,1-2H3. The second-order valence-corrected chi connectivity index (χ2v) is 8.31. The van der Waals surface area contributed by atoms with Crippen molar-refractivity contribution in [3.8, 4) is 0 Å². The molecule has 1 aromatic heterocycles. The molecule has 0 aliphatic heterocycles. The number of ether oxygens (including phenoxy) is 1. The second kappa shape index (κ2) is 11.0. The topological polar surface area (TPSA) is 94.3 Å². The van der Waals surface area contributed by atoms with Crippen molar-refractivity contribution >= 4 is 11.8 Å². The Balaban J connectivity index is 1.84. The van der Waals surface area contributed by atoms with Gasteiger partial charge in [0.1, 0.15) is 11.8 Å². The second-order valence-electron chi connectivity index (χ2n) is 8.31. The smallest absolute Gasteiger partial charge is 0.322 e. The average Bonchev–Trinajstić information content (AvgIpc) is 2.83. The zero-order chi connectivity index (χ0) is 23.0. The van der Waals surface area contributed by atoms with Crippen molar-refractivity contribution in [2.24, 2.45) is 17.6 Å². The van der Waals surface area contributed by atoms with Gasteiger partial charge in [-0.15, -0.1) is 0 Å². The number of benzene rings is 1. The van der Waals surface area contributed by atoms with Crippen LogP contribution >= 0.6 is 0 Å². The lowest BCUT2D eigenvalue weighted by Crippen LogP contribution is -2.50. The van der Waals surface area contributed by atoms with E-state index in [1.54, 1.807) is 12.4 Å². The van der Waals surface area contributed by atoms with Crippen molar-refractivity contribution in [2.75, 3.05) is 7.11 Å². The summed E-state index contributed by atoms with van der Waals surface area (Å²) in [5, 5.41) is 3.65. The predicted octanol–water partition coefficient (Wildman–Crippen LogP) is 3.29. The van der Waals surface area contributed by atoms with Gasteiger partial charge in [-0.1, -0.05) is 61.6 Å². The predicted molar refractivity (Wildman–Crippen MR) is 124 cm³/mol. The van der Waals surface area contributed by atoms with Crippen LogP contribution in [-0.4, -0.2) is 29.9 Å². The molecule has 3 N–H and O–H groups in total. The van der Waals surface area contributed by atoms with E-state index < -0.39 is 23.5 Å². The Labute approximate surface area is 189 Å². The number of hydrogen-bond acceptors (Lipinski definition) is 6. The molecule has 0 spiro atoms. The van der Waals surface area contributed by atoms with Crippen LogP contribution in [0.25, 0.3) is 0 Å². The van der Waals surface area contributed by atoms with Crippen molar-refractivity contribution in [3.05, 3.63) is 90.3 Å². The molecule has 6 nitrogen and oxygen atoms in total.